The second-order valence-corrected chi connectivity index (χ2v) is 7.79. The van der Waals surface area contributed by atoms with Gasteiger partial charge in [-0.1, -0.05) is 61.7 Å². The molecule has 1 N–H and O–H groups in total. The number of carbonyl (C=O) groups is 1. The number of fused-ring (bicyclic) bond motifs is 1. The van der Waals surface area contributed by atoms with Crippen LogP contribution >= 0.6 is 11.6 Å². The van der Waals surface area contributed by atoms with Crippen molar-refractivity contribution in [2.45, 2.75) is 32.7 Å². The van der Waals surface area contributed by atoms with Gasteiger partial charge >= 0.3 is 0 Å². The summed E-state index contributed by atoms with van der Waals surface area (Å²) in [6, 6.07) is 17.7. The molecule has 2 heterocycles. The summed E-state index contributed by atoms with van der Waals surface area (Å²) in [7, 11) is 0. The van der Waals surface area contributed by atoms with Crippen LogP contribution in [-0.2, 0) is 6.54 Å². The van der Waals surface area contributed by atoms with E-state index in [-0.39, 0.29) is 11.5 Å². The maximum Gasteiger partial charge on any atom is 0.261 e. The standard InChI is InChI=1S/C24H23ClN4O2/c1-2-3-7-14-28-21(27-23(31)18-8-5-4-6-9-18)15-22(30)29-16-20(26-24(28)29)17-10-12-19(25)13-11-17/h4-6,8-13,15-16H,2-3,7,14H2,1H3,(H,27,31). The third-order valence-electron chi connectivity index (χ3n) is 5.12. The largest absolute Gasteiger partial charge is 0.308 e. The zero-order valence-corrected chi connectivity index (χ0v) is 18.0. The van der Waals surface area contributed by atoms with E-state index in [1.54, 1.807) is 42.6 Å². The molecule has 7 heteroatoms. The van der Waals surface area contributed by atoms with Crippen molar-refractivity contribution in [2.24, 2.45) is 0 Å². The number of aromatic nitrogens is 3. The van der Waals surface area contributed by atoms with Crippen molar-refractivity contribution < 1.29 is 4.79 Å². The molecule has 0 aliphatic carbocycles. The Morgan fingerprint density at radius 2 is 1.81 bits per heavy atom. The molecule has 0 bridgehead atoms. The number of aryl methyl sites for hydroxylation is 1. The number of benzene rings is 2. The minimum atomic E-state index is -0.266. The van der Waals surface area contributed by atoms with E-state index in [2.05, 4.69) is 12.2 Å². The zero-order valence-electron chi connectivity index (χ0n) is 17.2. The Morgan fingerprint density at radius 1 is 1.06 bits per heavy atom. The maximum absolute atomic E-state index is 12.8. The van der Waals surface area contributed by atoms with Gasteiger partial charge in [-0.05, 0) is 30.7 Å². The van der Waals surface area contributed by atoms with Gasteiger partial charge in [0.05, 0.1) is 5.69 Å². The Balaban J connectivity index is 1.79. The van der Waals surface area contributed by atoms with Crippen molar-refractivity contribution in [1.82, 2.24) is 14.0 Å². The molecule has 2 aromatic carbocycles. The van der Waals surface area contributed by atoms with Crippen molar-refractivity contribution in [3.63, 3.8) is 0 Å². The van der Waals surface area contributed by atoms with Crippen LogP contribution in [0.2, 0.25) is 5.02 Å². The van der Waals surface area contributed by atoms with Gasteiger partial charge < -0.3 is 5.32 Å². The molecule has 0 saturated heterocycles. The van der Waals surface area contributed by atoms with Crippen molar-refractivity contribution >= 4 is 29.1 Å². The fourth-order valence-corrected chi connectivity index (χ4v) is 3.60. The van der Waals surface area contributed by atoms with Crippen LogP contribution < -0.4 is 10.9 Å². The van der Waals surface area contributed by atoms with E-state index in [1.165, 1.54) is 10.5 Å². The Morgan fingerprint density at radius 3 is 2.52 bits per heavy atom. The van der Waals surface area contributed by atoms with Crippen molar-refractivity contribution in [3.05, 3.63) is 87.8 Å². The number of rotatable bonds is 7. The smallest absolute Gasteiger partial charge is 0.261 e. The molecule has 31 heavy (non-hydrogen) atoms. The fraction of sp³-hybridized carbons (Fsp3) is 0.208. The van der Waals surface area contributed by atoms with Gasteiger partial charge in [0, 0.05) is 35.0 Å². The molecule has 158 valence electrons. The summed E-state index contributed by atoms with van der Waals surface area (Å²) in [6.45, 7) is 2.77. The lowest BCUT2D eigenvalue weighted by Crippen LogP contribution is -2.23. The van der Waals surface area contributed by atoms with Gasteiger partial charge in [-0.15, -0.1) is 0 Å². The monoisotopic (exact) mass is 434 g/mol. The first-order valence-corrected chi connectivity index (χ1v) is 10.7. The van der Waals surface area contributed by atoms with Crippen LogP contribution in [0.3, 0.4) is 0 Å². The van der Waals surface area contributed by atoms with Crippen molar-refractivity contribution in [1.29, 1.82) is 0 Å². The van der Waals surface area contributed by atoms with Gasteiger partial charge in [0.25, 0.3) is 11.5 Å². The predicted octanol–water partition coefficient (Wildman–Crippen LogP) is 5.26. The van der Waals surface area contributed by atoms with Crippen molar-refractivity contribution in [2.75, 3.05) is 5.32 Å². The van der Waals surface area contributed by atoms with Gasteiger partial charge in [-0.25, -0.2) is 4.98 Å². The van der Waals surface area contributed by atoms with Gasteiger partial charge in [0.2, 0.25) is 5.78 Å². The van der Waals surface area contributed by atoms with Gasteiger partial charge in [-0.3, -0.25) is 18.6 Å². The maximum atomic E-state index is 12.8. The van der Waals surface area contributed by atoms with E-state index in [0.29, 0.717) is 34.4 Å². The number of imidazole rings is 1. The highest BCUT2D eigenvalue weighted by Gasteiger charge is 2.16. The lowest BCUT2D eigenvalue weighted by molar-refractivity contribution is 0.102. The number of nitrogens with one attached hydrogen (secondary N) is 1. The molecule has 0 radical (unpaired) electrons. The topological polar surface area (TPSA) is 68.4 Å². The molecule has 0 spiro atoms. The number of amides is 1. The van der Waals surface area contributed by atoms with Gasteiger partial charge in [0.1, 0.15) is 5.82 Å². The Bertz CT molecular complexity index is 1260. The number of nitrogens with zero attached hydrogens (tertiary/aromatic N) is 3. The highest BCUT2D eigenvalue weighted by molar-refractivity contribution is 6.30. The van der Waals surface area contributed by atoms with Crippen LogP contribution in [0.5, 0.6) is 0 Å². The van der Waals surface area contributed by atoms with E-state index in [0.717, 1.165) is 24.8 Å². The number of unbranched alkanes of at least 4 members (excludes halogenated alkanes) is 2. The third kappa shape index (κ3) is 4.54. The summed E-state index contributed by atoms with van der Waals surface area (Å²) in [4.78, 5) is 30.3. The van der Waals surface area contributed by atoms with Crippen LogP contribution in [0.15, 0.2) is 71.7 Å². The lowest BCUT2D eigenvalue weighted by atomic mass is 10.2. The Hall–Kier alpha value is -3.38. The van der Waals surface area contributed by atoms with Crippen LogP contribution in [0.4, 0.5) is 5.82 Å². The van der Waals surface area contributed by atoms with Crippen LogP contribution in [0, 0.1) is 0 Å². The molecule has 0 saturated carbocycles. The van der Waals surface area contributed by atoms with E-state index in [4.69, 9.17) is 16.6 Å². The summed E-state index contributed by atoms with van der Waals surface area (Å²) < 4.78 is 3.42. The molecule has 4 rings (SSSR count). The SMILES string of the molecule is CCCCCn1c(NC(=O)c2ccccc2)cc(=O)n2cc(-c3ccc(Cl)cc3)nc12. The highest BCUT2D eigenvalue weighted by atomic mass is 35.5. The Kier molecular flexibility index (Phi) is 6.18. The first-order chi connectivity index (χ1) is 15.1. The summed E-state index contributed by atoms with van der Waals surface area (Å²) in [5, 5.41) is 3.53. The second-order valence-electron chi connectivity index (χ2n) is 7.35. The number of hydrogen-bond donors (Lipinski definition) is 1. The van der Waals surface area contributed by atoms with Gasteiger partial charge in [-0.2, -0.15) is 0 Å². The van der Waals surface area contributed by atoms with E-state index in [1.807, 2.05) is 22.8 Å². The normalized spacial score (nSPS) is 11.0. The highest BCUT2D eigenvalue weighted by Crippen LogP contribution is 2.22. The predicted molar refractivity (Wildman–Crippen MR) is 124 cm³/mol. The molecule has 0 aliphatic heterocycles. The number of anilines is 1. The molecule has 0 aliphatic rings. The van der Waals surface area contributed by atoms with Crippen LogP contribution in [0.1, 0.15) is 36.5 Å². The fourth-order valence-electron chi connectivity index (χ4n) is 3.48. The Labute approximate surface area is 185 Å². The molecule has 0 fully saturated rings. The summed E-state index contributed by atoms with van der Waals surface area (Å²) in [5.41, 5.74) is 1.81. The molecule has 0 unspecified atom stereocenters. The molecule has 6 nitrogen and oxygen atoms in total. The van der Waals surface area contributed by atoms with Crippen LogP contribution in [0.25, 0.3) is 17.0 Å². The zero-order chi connectivity index (χ0) is 21.8. The minimum absolute atomic E-state index is 0.252. The molecule has 2 aromatic heterocycles. The van der Waals surface area contributed by atoms with Crippen LogP contribution in [-0.4, -0.2) is 19.9 Å². The average molecular weight is 435 g/mol. The molecule has 0 atom stereocenters. The van der Waals surface area contributed by atoms with E-state index < -0.39 is 0 Å². The van der Waals surface area contributed by atoms with Gasteiger partial charge in [0.15, 0.2) is 0 Å². The van der Waals surface area contributed by atoms with E-state index in [9.17, 15) is 9.59 Å². The summed E-state index contributed by atoms with van der Waals surface area (Å²) in [5.74, 6) is 0.672. The molecular weight excluding hydrogens is 412 g/mol. The second kappa shape index (κ2) is 9.18. The quantitative estimate of drug-likeness (QED) is 0.403. The number of carbonyl (C=O) groups excluding carboxylic acids is 1. The molecular formula is C24H23ClN4O2. The molecule has 1 amide bonds. The first-order valence-electron chi connectivity index (χ1n) is 10.3. The average Bonchev–Trinajstić information content (AvgIpc) is 3.23. The number of hydrogen-bond acceptors (Lipinski definition) is 3. The minimum Gasteiger partial charge on any atom is -0.308 e. The summed E-state index contributed by atoms with van der Waals surface area (Å²) in [6.07, 6.45) is 4.73. The lowest BCUT2D eigenvalue weighted by Gasteiger charge is -2.15. The third-order valence-corrected chi connectivity index (χ3v) is 5.37. The summed E-state index contributed by atoms with van der Waals surface area (Å²) >= 11 is 6.00. The number of halogens is 1. The van der Waals surface area contributed by atoms with Crippen molar-refractivity contribution in [3.8, 4) is 11.3 Å². The molecule has 4 aromatic rings. The first kappa shape index (κ1) is 20.9. The van der Waals surface area contributed by atoms with E-state index >= 15 is 0 Å².